The van der Waals surface area contributed by atoms with E-state index in [0.29, 0.717) is 29.6 Å². The second-order valence-electron chi connectivity index (χ2n) is 10.2. The van der Waals surface area contributed by atoms with Crippen LogP contribution in [-0.2, 0) is 12.4 Å². The number of fused-ring (bicyclic) bond motifs is 2. The Morgan fingerprint density at radius 3 is 2.45 bits per heavy atom. The number of nitrogens with zero attached hydrogens (tertiary/aromatic N) is 2. The average molecular weight is 440 g/mol. The quantitative estimate of drug-likeness (QED) is 0.681. The number of hydrogen-bond donors (Lipinski definition) is 1. The summed E-state index contributed by atoms with van der Waals surface area (Å²) in [5, 5.41) is 2.89. The zero-order valence-corrected chi connectivity index (χ0v) is 19.2. The molecular formula is C25H30ClN3O2. The molecule has 1 aliphatic heterocycles. The van der Waals surface area contributed by atoms with Crippen molar-refractivity contribution in [2.75, 3.05) is 6.54 Å². The Morgan fingerprint density at radius 1 is 1.10 bits per heavy atom. The predicted octanol–water partition coefficient (Wildman–Crippen LogP) is 4.79. The first-order valence-electron chi connectivity index (χ1n) is 10.9. The van der Waals surface area contributed by atoms with Crippen LogP contribution in [0.4, 0.5) is 0 Å². The number of amides is 2. The molecule has 1 N–H and O–H groups in total. The zero-order valence-electron chi connectivity index (χ0n) is 18.5. The molecule has 164 valence electrons. The van der Waals surface area contributed by atoms with E-state index in [1.807, 2.05) is 24.3 Å². The minimum absolute atomic E-state index is 0.118. The molecule has 2 atom stereocenters. The summed E-state index contributed by atoms with van der Waals surface area (Å²) in [4.78, 5) is 31.7. The van der Waals surface area contributed by atoms with Gasteiger partial charge in [0, 0.05) is 30.9 Å². The monoisotopic (exact) mass is 439 g/mol. The maximum absolute atomic E-state index is 13.2. The maximum Gasteiger partial charge on any atom is 0.254 e. The molecule has 2 amide bonds. The van der Waals surface area contributed by atoms with Crippen LogP contribution in [0.25, 0.3) is 0 Å². The number of halogens is 1. The highest BCUT2D eigenvalue weighted by Gasteiger charge is 2.50. The van der Waals surface area contributed by atoms with Gasteiger partial charge in [-0.05, 0) is 59.9 Å². The molecule has 1 aromatic carbocycles. The van der Waals surface area contributed by atoms with Gasteiger partial charge in [0.15, 0.2) is 0 Å². The highest BCUT2D eigenvalue weighted by Crippen LogP contribution is 2.52. The minimum atomic E-state index is -0.186. The lowest BCUT2D eigenvalue weighted by Gasteiger charge is -2.39. The van der Waals surface area contributed by atoms with Gasteiger partial charge in [-0.2, -0.15) is 0 Å². The van der Waals surface area contributed by atoms with Crippen molar-refractivity contribution in [2.45, 2.75) is 58.5 Å². The van der Waals surface area contributed by atoms with Gasteiger partial charge >= 0.3 is 0 Å². The summed E-state index contributed by atoms with van der Waals surface area (Å²) in [6, 6.07) is 11.4. The van der Waals surface area contributed by atoms with E-state index in [1.54, 1.807) is 12.1 Å². The Morgan fingerprint density at radius 2 is 1.81 bits per heavy atom. The van der Waals surface area contributed by atoms with E-state index in [9.17, 15) is 9.59 Å². The number of likely N-dealkylation sites (tertiary alicyclic amines) is 1. The highest BCUT2D eigenvalue weighted by molar-refractivity contribution is 6.16. The van der Waals surface area contributed by atoms with Gasteiger partial charge in [-0.15, -0.1) is 11.6 Å². The first-order chi connectivity index (χ1) is 14.7. The van der Waals surface area contributed by atoms with E-state index in [4.69, 9.17) is 11.6 Å². The van der Waals surface area contributed by atoms with Gasteiger partial charge in [-0.3, -0.25) is 14.6 Å². The number of aromatic nitrogens is 1. The normalized spacial score (nSPS) is 24.1. The fraction of sp³-hybridized carbons (Fsp3) is 0.480. The molecule has 0 spiro atoms. The highest BCUT2D eigenvalue weighted by atomic mass is 35.5. The first-order valence-corrected chi connectivity index (χ1v) is 11.4. The van der Waals surface area contributed by atoms with Crippen LogP contribution in [0.2, 0.25) is 0 Å². The summed E-state index contributed by atoms with van der Waals surface area (Å²) in [6.07, 6.45) is 4.87. The number of nitrogens with one attached hydrogen (secondary N) is 1. The second kappa shape index (κ2) is 8.27. The first kappa shape index (κ1) is 21.8. The largest absolute Gasteiger partial charge is 0.348 e. The van der Waals surface area contributed by atoms with Crippen molar-refractivity contribution in [2.24, 2.45) is 10.8 Å². The Hall–Kier alpha value is -2.40. The molecule has 6 heteroatoms. The molecule has 5 nitrogen and oxygen atoms in total. The summed E-state index contributed by atoms with van der Waals surface area (Å²) in [7, 11) is 0. The van der Waals surface area contributed by atoms with Crippen LogP contribution in [0, 0.1) is 10.8 Å². The summed E-state index contributed by atoms with van der Waals surface area (Å²) in [6.45, 7) is 8.18. The number of pyridine rings is 1. The molecule has 2 fully saturated rings. The number of benzene rings is 1. The number of rotatable bonds is 5. The van der Waals surface area contributed by atoms with Crippen molar-refractivity contribution in [1.29, 1.82) is 0 Å². The van der Waals surface area contributed by atoms with E-state index in [2.05, 4.69) is 36.0 Å². The maximum atomic E-state index is 13.2. The average Bonchev–Trinajstić information content (AvgIpc) is 3.00. The van der Waals surface area contributed by atoms with Crippen LogP contribution in [0.5, 0.6) is 0 Å². The standard InChI is InChI=1S/C25H30ClN3O2/c1-24(2)10-21-11-25(3,15-24)16-29(21)23(31)18-6-4-17(5-7-18)13-28-22(30)19-8-9-20(12-26)27-14-19/h4-9,14,21H,10-13,15-16H2,1-3H3,(H,28,30). The van der Waals surface area contributed by atoms with Gasteiger partial charge in [0.1, 0.15) is 0 Å². The molecular weight excluding hydrogens is 410 g/mol. The Kier molecular flexibility index (Phi) is 5.82. The van der Waals surface area contributed by atoms with Gasteiger partial charge < -0.3 is 10.2 Å². The van der Waals surface area contributed by atoms with Gasteiger partial charge in [0.05, 0.1) is 17.1 Å². The minimum Gasteiger partial charge on any atom is -0.348 e. The Bertz CT molecular complexity index is 971. The van der Waals surface area contributed by atoms with Crippen molar-refractivity contribution in [3.05, 3.63) is 65.0 Å². The van der Waals surface area contributed by atoms with Crippen LogP contribution in [0.1, 0.15) is 72.0 Å². The number of carbonyl (C=O) groups excluding carboxylic acids is 2. The van der Waals surface area contributed by atoms with Crippen LogP contribution >= 0.6 is 11.6 Å². The van der Waals surface area contributed by atoms with E-state index in [1.165, 1.54) is 12.6 Å². The summed E-state index contributed by atoms with van der Waals surface area (Å²) >= 11 is 5.73. The molecule has 1 aromatic heterocycles. The number of alkyl halides is 1. The molecule has 2 bridgehead atoms. The van der Waals surface area contributed by atoms with Crippen molar-refractivity contribution >= 4 is 23.4 Å². The third-order valence-corrected chi connectivity index (χ3v) is 6.83. The fourth-order valence-corrected chi connectivity index (χ4v) is 5.71. The summed E-state index contributed by atoms with van der Waals surface area (Å²) in [5.74, 6) is 0.253. The lowest BCUT2D eigenvalue weighted by atomic mass is 9.65. The molecule has 2 aromatic rings. The Balaban J connectivity index is 1.37. The predicted molar refractivity (Wildman–Crippen MR) is 122 cm³/mol. The molecule has 2 aliphatic rings. The lowest BCUT2D eigenvalue weighted by molar-refractivity contribution is 0.0708. The van der Waals surface area contributed by atoms with Gasteiger partial charge in [0.25, 0.3) is 11.8 Å². The lowest BCUT2D eigenvalue weighted by Crippen LogP contribution is -2.37. The van der Waals surface area contributed by atoms with Gasteiger partial charge in [0.2, 0.25) is 0 Å². The van der Waals surface area contributed by atoms with Crippen LogP contribution < -0.4 is 5.32 Å². The molecule has 0 radical (unpaired) electrons. The van der Waals surface area contributed by atoms with E-state index in [0.717, 1.165) is 30.6 Å². The van der Waals surface area contributed by atoms with Crippen LogP contribution in [-0.4, -0.2) is 34.3 Å². The topological polar surface area (TPSA) is 62.3 Å². The van der Waals surface area contributed by atoms with Crippen LogP contribution in [0.3, 0.4) is 0 Å². The molecule has 2 heterocycles. The molecule has 1 aliphatic carbocycles. The third kappa shape index (κ3) is 4.77. The molecule has 1 saturated heterocycles. The third-order valence-electron chi connectivity index (χ3n) is 6.55. The van der Waals surface area contributed by atoms with Gasteiger partial charge in [-0.1, -0.05) is 32.9 Å². The SMILES string of the molecule is CC1(C)CC2CC(C)(CN2C(=O)c2ccc(CNC(=O)c3ccc(CCl)nc3)cc2)C1. The molecule has 31 heavy (non-hydrogen) atoms. The molecule has 4 rings (SSSR count). The second-order valence-corrected chi connectivity index (χ2v) is 10.5. The van der Waals surface area contributed by atoms with Crippen LogP contribution in [0.15, 0.2) is 42.6 Å². The van der Waals surface area contributed by atoms with E-state index < -0.39 is 0 Å². The van der Waals surface area contributed by atoms with Crippen molar-refractivity contribution in [3.63, 3.8) is 0 Å². The van der Waals surface area contributed by atoms with Crippen molar-refractivity contribution in [3.8, 4) is 0 Å². The molecule has 1 saturated carbocycles. The zero-order chi connectivity index (χ0) is 22.2. The van der Waals surface area contributed by atoms with Crippen molar-refractivity contribution < 1.29 is 9.59 Å². The van der Waals surface area contributed by atoms with Gasteiger partial charge in [-0.25, -0.2) is 0 Å². The molecule has 2 unspecified atom stereocenters. The Labute approximate surface area is 189 Å². The number of carbonyl (C=O) groups is 2. The summed E-state index contributed by atoms with van der Waals surface area (Å²) in [5.41, 5.74) is 3.40. The smallest absolute Gasteiger partial charge is 0.254 e. The fourth-order valence-electron chi connectivity index (χ4n) is 5.55. The number of hydrogen-bond acceptors (Lipinski definition) is 3. The van der Waals surface area contributed by atoms with E-state index in [-0.39, 0.29) is 22.6 Å². The van der Waals surface area contributed by atoms with E-state index >= 15 is 0 Å². The van der Waals surface area contributed by atoms with Crippen molar-refractivity contribution in [1.82, 2.24) is 15.2 Å². The summed E-state index contributed by atoms with van der Waals surface area (Å²) < 4.78 is 0.